The molecule has 3 aromatic rings. The molecule has 0 radical (unpaired) electrons. The number of aromatic nitrogens is 1. The van der Waals surface area contributed by atoms with Gasteiger partial charge in [-0.1, -0.05) is 0 Å². The van der Waals surface area contributed by atoms with Gasteiger partial charge in [0.15, 0.2) is 6.20 Å². The van der Waals surface area contributed by atoms with E-state index in [0.717, 1.165) is 30.6 Å². The van der Waals surface area contributed by atoms with Gasteiger partial charge in [-0.25, -0.2) is 13.2 Å². The molecular weight excluding hydrogens is 520 g/mol. The minimum absolute atomic E-state index is 0.0605. The fraction of sp³-hybridized carbons (Fsp3) is 0.393. The first-order valence-corrected chi connectivity index (χ1v) is 14.5. The lowest BCUT2D eigenvalue weighted by Crippen LogP contribution is -2.37. The van der Waals surface area contributed by atoms with E-state index in [4.69, 9.17) is 10.2 Å². The van der Waals surface area contributed by atoms with E-state index in [1.54, 1.807) is 22.8 Å². The lowest BCUT2D eigenvalue weighted by atomic mass is 10.1. The number of unbranched alkanes of at least 4 members (excludes halogenated alkanes) is 2. The molecule has 0 atom stereocenters. The summed E-state index contributed by atoms with van der Waals surface area (Å²) in [5.74, 6) is -0.0605. The molecule has 0 bridgehead atoms. The van der Waals surface area contributed by atoms with E-state index < -0.39 is 15.7 Å². The average Bonchev–Trinajstić information content (AvgIpc) is 2.91. The summed E-state index contributed by atoms with van der Waals surface area (Å²) in [7, 11) is -4.64. The van der Waals surface area contributed by atoms with Crippen LogP contribution in [-0.4, -0.2) is 45.1 Å². The fourth-order valence-electron chi connectivity index (χ4n) is 4.26. The molecule has 0 unspecified atom stereocenters. The topological polar surface area (TPSA) is 150 Å². The van der Waals surface area contributed by atoms with Crippen molar-refractivity contribution < 1.29 is 26.7 Å². The summed E-state index contributed by atoms with van der Waals surface area (Å²) < 4.78 is 42.0. The Hall–Kier alpha value is -3.54. The average molecular weight is 557 g/mol. The summed E-state index contributed by atoms with van der Waals surface area (Å²) >= 11 is 0. The maximum Gasteiger partial charge on any atom is 0.343 e. The molecule has 2 heterocycles. The van der Waals surface area contributed by atoms with Crippen molar-refractivity contribution >= 4 is 44.8 Å². The van der Waals surface area contributed by atoms with Crippen LogP contribution < -0.4 is 26.1 Å². The Kier molecular flexibility index (Phi) is 10.8. The third-order valence-electron chi connectivity index (χ3n) is 6.40. The van der Waals surface area contributed by atoms with E-state index in [2.05, 4.69) is 24.1 Å². The standard InChI is InChI=1S/C28H36N4O6S/c1-3-31(4-2)24-12-9-21-18-22(28(34)38-26(21)19-24)10-11-23-13-14-25(39(35,36)37)20-32(23)17-7-5-6-8-27(33)30-16-15-29/h9-14,18-20H,3-8,15-17,29H2,1-2H3,(H-,30,33,35,36,37). The number of benzene rings is 1. The number of hydrogen-bond donors (Lipinski definition) is 2. The van der Waals surface area contributed by atoms with Crippen LogP contribution in [0.15, 0.2) is 56.7 Å². The van der Waals surface area contributed by atoms with E-state index in [9.17, 15) is 22.6 Å². The molecule has 0 aliphatic heterocycles. The number of fused-ring (bicyclic) bond motifs is 1. The third-order valence-corrected chi connectivity index (χ3v) is 7.22. The van der Waals surface area contributed by atoms with Gasteiger partial charge in [-0.15, -0.1) is 0 Å². The van der Waals surface area contributed by atoms with Gasteiger partial charge in [-0.2, -0.15) is 4.57 Å². The number of aryl methyl sites for hydroxylation is 1. The van der Waals surface area contributed by atoms with Crippen LogP contribution in [0.2, 0.25) is 0 Å². The van der Waals surface area contributed by atoms with E-state index in [1.165, 1.54) is 18.3 Å². The lowest BCUT2D eigenvalue weighted by Gasteiger charge is -2.20. The van der Waals surface area contributed by atoms with Crippen molar-refractivity contribution in [3.8, 4) is 0 Å². The van der Waals surface area contributed by atoms with Gasteiger partial charge >= 0.3 is 5.63 Å². The Morgan fingerprint density at radius 1 is 1.10 bits per heavy atom. The van der Waals surface area contributed by atoms with Gasteiger partial charge < -0.3 is 24.9 Å². The van der Waals surface area contributed by atoms with Crippen LogP contribution in [0.25, 0.3) is 23.1 Å². The molecule has 1 aromatic carbocycles. The Bertz CT molecular complexity index is 1480. The summed E-state index contributed by atoms with van der Waals surface area (Å²) in [5, 5.41) is 3.50. The zero-order valence-electron chi connectivity index (χ0n) is 22.4. The molecule has 0 saturated carbocycles. The van der Waals surface area contributed by atoms with Crippen LogP contribution in [-0.2, 0) is 21.5 Å². The van der Waals surface area contributed by atoms with Crippen molar-refractivity contribution in [1.82, 2.24) is 5.32 Å². The second-order valence-electron chi connectivity index (χ2n) is 9.10. The number of nitrogens with zero attached hydrogens (tertiary/aromatic N) is 2. The summed E-state index contributed by atoms with van der Waals surface area (Å²) in [5.41, 5.74) is 7.32. The van der Waals surface area contributed by atoms with Crippen LogP contribution in [0, 0.1) is 0 Å². The molecule has 3 rings (SSSR count). The number of hydrogen-bond acceptors (Lipinski definition) is 8. The number of pyridine rings is 1. The summed E-state index contributed by atoms with van der Waals surface area (Å²) in [6.45, 7) is 7.05. The monoisotopic (exact) mass is 556 g/mol. The number of nitrogens with two attached hydrogens (primary N) is 1. The highest BCUT2D eigenvalue weighted by Crippen LogP contribution is 2.22. The number of carbonyl (C=O) groups is 1. The van der Waals surface area contributed by atoms with Gasteiger partial charge in [0.2, 0.25) is 11.6 Å². The Morgan fingerprint density at radius 3 is 2.56 bits per heavy atom. The Morgan fingerprint density at radius 2 is 1.87 bits per heavy atom. The van der Waals surface area contributed by atoms with Gasteiger partial charge in [-0.05, 0) is 57.0 Å². The quantitative estimate of drug-likeness (QED) is 0.133. The number of nitrogens with one attached hydrogen (secondary N) is 1. The van der Waals surface area contributed by atoms with Gasteiger partial charge in [0.1, 0.15) is 27.1 Å². The van der Waals surface area contributed by atoms with E-state index in [1.807, 2.05) is 18.2 Å². The first kappa shape index (κ1) is 30.0. The van der Waals surface area contributed by atoms with Crippen molar-refractivity contribution in [3.05, 3.63) is 64.3 Å². The van der Waals surface area contributed by atoms with Crippen molar-refractivity contribution in [3.63, 3.8) is 0 Å². The normalized spacial score (nSPS) is 11.8. The van der Waals surface area contributed by atoms with E-state index in [-0.39, 0.29) is 10.8 Å². The second-order valence-corrected chi connectivity index (χ2v) is 10.5. The van der Waals surface area contributed by atoms with Crippen molar-refractivity contribution in [2.75, 3.05) is 31.1 Å². The Balaban J connectivity index is 1.80. The third kappa shape index (κ3) is 8.47. The molecule has 0 aliphatic rings. The van der Waals surface area contributed by atoms with Crippen molar-refractivity contribution in [1.29, 1.82) is 0 Å². The predicted octanol–water partition coefficient (Wildman–Crippen LogP) is 2.64. The largest absolute Gasteiger partial charge is 0.744 e. The second kappa shape index (κ2) is 14.0. The number of anilines is 1. The molecular formula is C28H36N4O6S. The van der Waals surface area contributed by atoms with Crippen LogP contribution in [0.4, 0.5) is 5.69 Å². The van der Waals surface area contributed by atoms with Crippen LogP contribution in [0.3, 0.4) is 0 Å². The highest BCUT2D eigenvalue weighted by atomic mass is 32.2. The predicted molar refractivity (Wildman–Crippen MR) is 150 cm³/mol. The van der Waals surface area contributed by atoms with Gasteiger partial charge in [0.05, 0.1) is 5.56 Å². The summed E-state index contributed by atoms with van der Waals surface area (Å²) in [4.78, 5) is 26.3. The lowest BCUT2D eigenvalue weighted by molar-refractivity contribution is -0.700. The van der Waals surface area contributed by atoms with Gasteiger partial charge in [-0.3, -0.25) is 4.79 Å². The molecule has 0 fully saturated rings. The molecule has 0 aliphatic carbocycles. The maximum absolute atomic E-state index is 12.7. The zero-order chi connectivity index (χ0) is 28.4. The summed E-state index contributed by atoms with van der Waals surface area (Å²) in [6, 6.07) is 10.3. The summed E-state index contributed by atoms with van der Waals surface area (Å²) in [6.07, 6.45) is 7.02. The molecule has 39 heavy (non-hydrogen) atoms. The SMILES string of the molecule is CCN(CC)c1ccc2cc(/C=C/c3ccc(S(=O)(=O)[O-])c[n+]3CCCCCC(=O)NCCN)c(=O)oc2c1. The first-order chi connectivity index (χ1) is 18.7. The highest BCUT2D eigenvalue weighted by molar-refractivity contribution is 7.85. The number of amides is 1. The van der Waals surface area contributed by atoms with E-state index in [0.29, 0.717) is 55.7 Å². The highest BCUT2D eigenvalue weighted by Gasteiger charge is 2.14. The van der Waals surface area contributed by atoms with Crippen LogP contribution in [0.5, 0.6) is 0 Å². The molecule has 1 amide bonds. The van der Waals surface area contributed by atoms with Crippen molar-refractivity contribution in [2.45, 2.75) is 51.0 Å². The minimum atomic E-state index is -4.64. The minimum Gasteiger partial charge on any atom is -0.744 e. The number of rotatable bonds is 14. The van der Waals surface area contributed by atoms with Crippen molar-refractivity contribution in [2.24, 2.45) is 5.73 Å². The Labute approximate surface area is 228 Å². The molecule has 11 heteroatoms. The molecule has 210 valence electrons. The molecule has 10 nitrogen and oxygen atoms in total. The molecule has 3 N–H and O–H groups in total. The zero-order valence-corrected chi connectivity index (χ0v) is 23.2. The molecule has 0 spiro atoms. The van der Waals surface area contributed by atoms with Crippen LogP contribution >= 0.6 is 0 Å². The maximum atomic E-state index is 12.7. The molecule has 2 aromatic heterocycles. The first-order valence-electron chi connectivity index (χ1n) is 13.1. The van der Waals surface area contributed by atoms with Gasteiger partial charge in [0, 0.05) is 68.3 Å². The van der Waals surface area contributed by atoms with Crippen LogP contribution in [0.1, 0.15) is 50.8 Å². The van der Waals surface area contributed by atoms with Gasteiger partial charge in [0.25, 0.3) is 0 Å². The smallest absolute Gasteiger partial charge is 0.343 e. The molecule has 0 saturated heterocycles. The van der Waals surface area contributed by atoms with E-state index >= 15 is 0 Å². The fourth-order valence-corrected chi connectivity index (χ4v) is 4.76. The number of carbonyl (C=O) groups excluding carboxylic acids is 1.